The maximum Gasteiger partial charge on any atom is 0.255 e. The van der Waals surface area contributed by atoms with Crippen LogP contribution in [0.1, 0.15) is 46.4 Å². The maximum atomic E-state index is 12.2. The number of amides is 2. The third kappa shape index (κ3) is 4.97. The fourth-order valence-corrected chi connectivity index (χ4v) is 2.93. The Bertz CT molecular complexity index is 741. The van der Waals surface area contributed by atoms with Crippen molar-refractivity contribution in [3.8, 4) is 0 Å². The average Bonchev–Trinajstić information content (AvgIpc) is 3.08. The summed E-state index contributed by atoms with van der Waals surface area (Å²) >= 11 is 0. The molecule has 0 heterocycles. The first kappa shape index (κ1) is 18.8. The highest BCUT2D eigenvalue weighted by atomic mass is 35.5. The summed E-state index contributed by atoms with van der Waals surface area (Å²) in [6.07, 6.45) is 4.47. The molecular weight excluding hydrogens is 338 g/mol. The lowest BCUT2D eigenvalue weighted by Gasteiger charge is -2.12. The monoisotopic (exact) mass is 359 g/mol. The molecule has 0 bridgehead atoms. The van der Waals surface area contributed by atoms with Crippen LogP contribution in [0.5, 0.6) is 0 Å². The predicted octanol–water partition coefficient (Wildman–Crippen LogP) is 3.62. The van der Waals surface area contributed by atoms with Gasteiger partial charge >= 0.3 is 0 Å². The van der Waals surface area contributed by atoms with Crippen molar-refractivity contribution in [2.45, 2.75) is 31.7 Å². The number of carbonyl (C=O) groups excluding carboxylic acids is 2. The molecule has 0 aromatic heterocycles. The summed E-state index contributed by atoms with van der Waals surface area (Å²) in [4.78, 5) is 24.4. The van der Waals surface area contributed by atoms with Crippen molar-refractivity contribution in [2.75, 3.05) is 11.1 Å². The Balaban J connectivity index is 0.00000225. The first-order valence-electron chi connectivity index (χ1n) is 8.19. The number of halogens is 1. The zero-order valence-electron chi connectivity index (χ0n) is 13.8. The third-order valence-corrected chi connectivity index (χ3v) is 4.24. The molecule has 0 aliphatic heterocycles. The lowest BCUT2D eigenvalue weighted by molar-refractivity contribution is 0.0937. The van der Waals surface area contributed by atoms with E-state index in [-0.39, 0.29) is 24.2 Å². The molecule has 1 saturated carbocycles. The molecular formula is C19H22ClN3O2. The summed E-state index contributed by atoms with van der Waals surface area (Å²) in [5.41, 5.74) is 7.97. The van der Waals surface area contributed by atoms with Gasteiger partial charge in [-0.1, -0.05) is 18.9 Å². The van der Waals surface area contributed by atoms with Crippen molar-refractivity contribution < 1.29 is 9.59 Å². The van der Waals surface area contributed by atoms with Crippen LogP contribution in [0.2, 0.25) is 0 Å². The molecule has 0 unspecified atom stereocenters. The number of rotatable bonds is 4. The van der Waals surface area contributed by atoms with Gasteiger partial charge in [-0.25, -0.2) is 0 Å². The molecule has 0 saturated heterocycles. The smallest absolute Gasteiger partial charge is 0.255 e. The Kier molecular flexibility index (Phi) is 6.42. The van der Waals surface area contributed by atoms with Crippen LogP contribution in [-0.4, -0.2) is 17.9 Å². The third-order valence-electron chi connectivity index (χ3n) is 4.24. The normalized spacial score (nSPS) is 13.8. The first-order chi connectivity index (χ1) is 11.6. The molecule has 5 nitrogen and oxygen atoms in total. The second kappa shape index (κ2) is 8.53. The maximum absolute atomic E-state index is 12.2. The lowest BCUT2D eigenvalue weighted by atomic mass is 10.1. The molecule has 1 fully saturated rings. The van der Waals surface area contributed by atoms with Gasteiger partial charge in [0.1, 0.15) is 0 Å². The van der Waals surface area contributed by atoms with Crippen molar-refractivity contribution in [2.24, 2.45) is 0 Å². The van der Waals surface area contributed by atoms with Gasteiger partial charge in [-0.05, 0) is 55.3 Å². The molecule has 132 valence electrons. The van der Waals surface area contributed by atoms with Crippen molar-refractivity contribution in [3.63, 3.8) is 0 Å². The van der Waals surface area contributed by atoms with Gasteiger partial charge in [-0.2, -0.15) is 0 Å². The molecule has 0 radical (unpaired) electrons. The van der Waals surface area contributed by atoms with Crippen LogP contribution in [0.4, 0.5) is 11.4 Å². The Morgan fingerprint density at radius 1 is 0.920 bits per heavy atom. The van der Waals surface area contributed by atoms with E-state index >= 15 is 0 Å². The van der Waals surface area contributed by atoms with Gasteiger partial charge in [0.05, 0.1) is 0 Å². The standard InChI is InChI=1S/C19H21N3O2.ClH/c20-15-5-3-4-14(12-15)19(24)22-17-10-8-13(9-11-17)18(23)21-16-6-1-2-7-16;/h3-5,8-12,16H,1-2,6-7,20H2,(H,21,23)(H,22,24);1H. The number of hydrogen-bond acceptors (Lipinski definition) is 3. The van der Waals surface area contributed by atoms with E-state index in [1.165, 1.54) is 12.8 Å². The predicted molar refractivity (Wildman–Crippen MR) is 102 cm³/mol. The molecule has 3 rings (SSSR count). The lowest BCUT2D eigenvalue weighted by Crippen LogP contribution is -2.32. The summed E-state index contributed by atoms with van der Waals surface area (Å²) in [6, 6.07) is 14.0. The van der Waals surface area contributed by atoms with Crippen molar-refractivity contribution >= 4 is 35.6 Å². The van der Waals surface area contributed by atoms with Gasteiger partial charge in [0, 0.05) is 28.5 Å². The fourth-order valence-electron chi connectivity index (χ4n) is 2.93. The molecule has 1 aliphatic rings. The topological polar surface area (TPSA) is 84.2 Å². The minimum atomic E-state index is -0.231. The summed E-state index contributed by atoms with van der Waals surface area (Å²) in [5.74, 6) is -0.291. The fraction of sp³-hybridized carbons (Fsp3) is 0.263. The van der Waals surface area contributed by atoms with Crippen molar-refractivity contribution in [1.82, 2.24) is 5.32 Å². The van der Waals surface area contributed by atoms with Crippen LogP contribution in [0, 0.1) is 0 Å². The van der Waals surface area contributed by atoms with E-state index in [4.69, 9.17) is 5.73 Å². The molecule has 1 aliphatic carbocycles. The van der Waals surface area contributed by atoms with E-state index in [0.717, 1.165) is 12.8 Å². The minimum Gasteiger partial charge on any atom is -0.399 e. The number of nitrogen functional groups attached to an aromatic ring is 1. The number of carbonyl (C=O) groups is 2. The molecule has 2 amide bonds. The number of nitrogens with two attached hydrogens (primary N) is 1. The summed E-state index contributed by atoms with van der Waals surface area (Å²) < 4.78 is 0. The molecule has 4 N–H and O–H groups in total. The van der Waals surface area contributed by atoms with Crippen molar-refractivity contribution in [1.29, 1.82) is 0 Å². The second-order valence-electron chi connectivity index (χ2n) is 6.11. The molecule has 25 heavy (non-hydrogen) atoms. The molecule has 6 heteroatoms. The Morgan fingerprint density at radius 2 is 1.60 bits per heavy atom. The molecule has 2 aromatic rings. The summed E-state index contributed by atoms with van der Waals surface area (Å²) in [5, 5.41) is 5.85. The number of benzene rings is 2. The van der Waals surface area contributed by atoms with Gasteiger partial charge in [0.2, 0.25) is 0 Å². The summed E-state index contributed by atoms with van der Waals surface area (Å²) in [7, 11) is 0. The zero-order valence-corrected chi connectivity index (χ0v) is 14.6. The van der Waals surface area contributed by atoms with Gasteiger partial charge in [-0.3, -0.25) is 9.59 Å². The highest BCUT2D eigenvalue weighted by Crippen LogP contribution is 2.18. The SMILES string of the molecule is Cl.Nc1cccc(C(=O)Nc2ccc(C(=O)NC3CCCC3)cc2)c1. The van der Waals surface area contributed by atoms with Gasteiger partial charge < -0.3 is 16.4 Å². The number of nitrogens with one attached hydrogen (secondary N) is 2. The van der Waals surface area contributed by atoms with Crippen molar-refractivity contribution in [3.05, 3.63) is 59.7 Å². The highest BCUT2D eigenvalue weighted by molar-refractivity contribution is 6.05. The van der Waals surface area contributed by atoms with E-state index in [1.807, 2.05) is 0 Å². The number of anilines is 2. The van der Waals surface area contributed by atoms with Gasteiger partial charge in [-0.15, -0.1) is 12.4 Å². The van der Waals surface area contributed by atoms with E-state index < -0.39 is 0 Å². The van der Waals surface area contributed by atoms with Crippen LogP contribution in [-0.2, 0) is 0 Å². The van der Waals surface area contributed by atoms with E-state index in [1.54, 1.807) is 48.5 Å². The second-order valence-corrected chi connectivity index (χ2v) is 6.11. The zero-order chi connectivity index (χ0) is 16.9. The summed E-state index contributed by atoms with van der Waals surface area (Å²) in [6.45, 7) is 0. The molecule has 0 spiro atoms. The molecule has 0 atom stereocenters. The molecule has 2 aromatic carbocycles. The minimum absolute atomic E-state index is 0. The highest BCUT2D eigenvalue weighted by Gasteiger charge is 2.17. The average molecular weight is 360 g/mol. The quantitative estimate of drug-likeness (QED) is 0.729. The van der Waals surface area contributed by atoms with Crippen LogP contribution >= 0.6 is 12.4 Å². The van der Waals surface area contributed by atoms with Gasteiger partial charge in [0.25, 0.3) is 11.8 Å². The largest absolute Gasteiger partial charge is 0.399 e. The van der Waals surface area contributed by atoms with Crippen LogP contribution in [0.3, 0.4) is 0 Å². The number of hydrogen-bond donors (Lipinski definition) is 3. The Hall–Kier alpha value is -2.53. The van der Waals surface area contributed by atoms with E-state index in [0.29, 0.717) is 28.5 Å². The van der Waals surface area contributed by atoms with E-state index in [9.17, 15) is 9.59 Å². The van der Waals surface area contributed by atoms with Crippen LogP contribution < -0.4 is 16.4 Å². The Morgan fingerprint density at radius 3 is 2.24 bits per heavy atom. The van der Waals surface area contributed by atoms with Crippen LogP contribution in [0.25, 0.3) is 0 Å². The first-order valence-corrected chi connectivity index (χ1v) is 8.19. The van der Waals surface area contributed by atoms with Crippen LogP contribution in [0.15, 0.2) is 48.5 Å². The Labute approximate surface area is 153 Å². The van der Waals surface area contributed by atoms with Gasteiger partial charge in [0.15, 0.2) is 0 Å². The van der Waals surface area contributed by atoms with E-state index in [2.05, 4.69) is 10.6 Å².